The summed E-state index contributed by atoms with van der Waals surface area (Å²) in [5.41, 5.74) is -0.735. The van der Waals surface area contributed by atoms with Crippen LogP contribution in [-0.4, -0.2) is 65.7 Å². The number of likely N-dealkylation sites (tertiary alicyclic amines) is 1. The molecule has 2 aliphatic rings. The first-order valence-corrected chi connectivity index (χ1v) is 5.02. The van der Waals surface area contributed by atoms with Gasteiger partial charge in [-0.15, -0.1) is 0 Å². The van der Waals surface area contributed by atoms with Crippen molar-refractivity contribution in [3.8, 4) is 0 Å². The van der Waals surface area contributed by atoms with E-state index in [1.54, 1.807) is 0 Å². The molecule has 0 saturated carbocycles. The number of carbonyl (C=O) groups excluding carboxylic acids is 2. The average Bonchev–Trinajstić information content (AvgIpc) is 2.64. The van der Waals surface area contributed by atoms with Gasteiger partial charge in [-0.1, -0.05) is 0 Å². The van der Waals surface area contributed by atoms with Crippen LogP contribution < -0.4 is 5.32 Å². The molecule has 84 valence electrons. The lowest BCUT2D eigenvalue weighted by Crippen LogP contribution is -2.49. The third-order valence-corrected chi connectivity index (χ3v) is 3.03. The fourth-order valence-electron chi connectivity index (χ4n) is 2.26. The Hall–Kier alpha value is -1.14. The van der Waals surface area contributed by atoms with Gasteiger partial charge in [-0.3, -0.25) is 9.69 Å². The summed E-state index contributed by atoms with van der Waals surface area (Å²) in [6, 6.07) is -0.385. The molecule has 0 radical (unpaired) electrons. The minimum atomic E-state index is -0.735. The zero-order valence-electron chi connectivity index (χ0n) is 8.69. The number of aliphatic hydroxyl groups is 1. The number of carbonyl (C=O) groups is 2. The van der Waals surface area contributed by atoms with E-state index in [2.05, 4.69) is 5.32 Å². The standard InChI is InChI=1S/C9H15N3O3/c1-11-3-2-9(6-11)7(14)12(4-5-13)8(15)10-9/h13H,2-6H2,1H3,(H,10,15). The number of aliphatic hydroxyl groups excluding tert-OH is 1. The first-order valence-electron chi connectivity index (χ1n) is 5.02. The number of urea groups is 1. The van der Waals surface area contributed by atoms with E-state index in [4.69, 9.17) is 5.11 Å². The van der Waals surface area contributed by atoms with Gasteiger partial charge in [0.05, 0.1) is 13.2 Å². The predicted molar refractivity (Wildman–Crippen MR) is 52.2 cm³/mol. The molecule has 2 heterocycles. The van der Waals surface area contributed by atoms with Crippen LogP contribution in [0, 0.1) is 0 Å². The summed E-state index contributed by atoms with van der Waals surface area (Å²) in [5, 5.41) is 11.5. The molecule has 6 heteroatoms. The van der Waals surface area contributed by atoms with E-state index in [0.29, 0.717) is 13.0 Å². The molecule has 1 spiro atoms. The molecule has 2 rings (SSSR count). The molecule has 6 nitrogen and oxygen atoms in total. The van der Waals surface area contributed by atoms with E-state index in [-0.39, 0.29) is 25.1 Å². The number of hydrogen-bond donors (Lipinski definition) is 2. The number of nitrogens with one attached hydrogen (secondary N) is 1. The van der Waals surface area contributed by atoms with Gasteiger partial charge in [-0.2, -0.15) is 0 Å². The quantitative estimate of drug-likeness (QED) is 0.554. The van der Waals surface area contributed by atoms with Crippen LogP contribution in [0.15, 0.2) is 0 Å². The molecular formula is C9H15N3O3. The van der Waals surface area contributed by atoms with E-state index in [1.165, 1.54) is 0 Å². The zero-order valence-corrected chi connectivity index (χ0v) is 8.69. The summed E-state index contributed by atoms with van der Waals surface area (Å²) >= 11 is 0. The SMILES string of the molecule is CN1CCC2(C1)NC(=O)N(CCO)C2=O. The molecule has 0 aromatic carbocycles. The number of nitrogens with zero attached hydrogens (tertiary/aromatic N) is 2. The Morgan fingerprint density at radius 3 is 2.80 bits per heavy atom. The van der Waals surface area contributed by atoms with Crippen LogP contribution in [0.3, 0.4) is 0 Å². The molecule has 2 saturated heterocycles. The fourth-order valence-corrected chi connectivity index (χ4v) is 2.26. The summed E-state index contributed by atoms with van der Waals surface area (Å²) in [4.78, 5) is 26.6. The van der Waals surface area contributed by atoms with Crippen molar-refractivity contribution in [3.05, 3.63) is 0 Å². The van der Waals surface area contributed by atoms with Crippen LogP contribution in [0.4, 0.5) is 4.79 Å². The Labute approximate surface area is 87.8 Å². The maximum absolute atomic E-state index is 12.0. The van der Waals surface area contributed by atoms with E-state index in [9.17, 15) is 9.59 Å². The smallest absolute Gasteiger partial charge is 0.325 e. The highest BCUT2D eigenvalue weighted by atomic mass is 16.3. The largest absolute Gasteiger partial charge is 0.395 e. The molecule has 0 aromatic heterocycles. The van der Waals surface area contributed by atoms with Gasteiger partial charge >= 0.3 is 6.03 Å². The first-order chi connectivity index (χ1) is 7.09. The van der Waals surface area contributed by atoms with E-state index >= 15 is 0 Å². The Bertz CT molecular complexity index is 307. The third kappa shape index (κ3) is 1.49. The van der Waals surface area contributed by atoms with Crippen molar-refractivity contribution in [2.24, 2.45) is 0 Å². The third-order valence-electron chi connectivity index (χ3n) is 3.03. The number of likely N-dealkylation sites (N-methyl/N-ethyl adjacent to an activating group) is 1. The highest BCUT2D eigenvalue weighted by Gasteiger charge is 2.53. The number of amides is 3. The minimum Gasteiger partial charge on any atom is -0.395 e. The second-order valence-corrected chi connectivity index (χ2v) is 4.18. The van der Waals surface area contributed by atoms with Gasteiger partial charge in [0.2, 0.25) is 0 Å². The molecule has 0 aliphatic carbocycles. The van der Waals surface area contributed by atoms with Gasteiger partial charge in [0.1, 0.15) is 5.54 Å². The number of imide groups is 1. The zero-order chi connectivity index (χ0) is 11.1. The van der Waals surface area contributed by atoms with E-state index in [0.717, 1.165) is 11.4 Å². The lowest BCUT2D eigenvalue weighted by Gasteiger charge is -2.20. The Morgan fingerprint density at radius 2 is 2.27 bits per heavy atom. The van der Waals surface area contributed by atoms with E-state index in [1.807, 2.05) is 11.9 Å². The number of rotatable bonds is 2. The predicted octanol–water partition coefficient (Wildman–Crippen LogP) is -1.40. The topological polar surface area (TPSA) is 72.9 Å². The summed E-state index contributed by atoms with van der Waals surface area (Å²) in [6.07, 6.45) is 0.649. The van der Waals surface area contributed by atoms with Crippen molar-refractivity contribution in [1.29, 1.82) is 0 Å². The highest BCUT2D eigenvalue weighted by molar-refractivity contribution is 6.07. The molecule has 1 atom stereocenters. The molecule has 0 bridgehead atoms. The summed E-state index contributed by atoms with van der Waals surface area (Å²) in [6.45, 7) is 1.25. The van der Waals surface area contributed by atoms with Crippen molar-refractivity contribution in [3.63, 3.8) is 0 Å². The lowest BCUT2D eigenvalue weighted by atomic mass is 9.99. The van der Waals surface area contributed by atoms with Gasteiger partial charge < -0.3 is 15.3 Å². The molecule has 1 unspecified atom stereocenters. The van der Waals surface area contributed by atoms with Crippen LogP contribution >= 0.6 is 0 Å². The van der Waals surface area contributed by atoms with Gasteiger partial charge in [-0.25, -0.2) is 4.79 Å². The minimum absolute atomic E-state index is 0.0795. The van der Waals surface area contributed by atoms with Crippen molar-refractivity contribution in [2.75, 3.05) is 33.3 Å². The van der Waals surface area contributed by atoms with E-state index < -0.39 is 5.54 Å². The fraction of sp³-hybridized carbons (Fsp3) is 0.778. The van der Waals surface area contributed by atoms with Gasteiger partial charge in [0, 0.05) is 13.1 Å². The van der Waals surface area contributed by atoms with Gasteiger partial charge in [0.15, 0.2) is 0 Å². The second-order valence-electron chi connectivity index (χ2n) is 4.18. The molecular weight excluding hydrogens is 198 g/mol. The van der Waals surface area contributed by atoms with Crippen LogP contribution in [-0.2, 0) is 4.79 Å². The average molecular weight is 213 g/mol. The molecule has 15 heavy (non-hydrogen) atoms. The van der Waals surface area contributed by atoms with Gasteiger partial charge in [0.25, 0.3) is 5.91 Å². The van der Waals surface area contributed by atoms with Crippen LogP contribution in [0.2, 0.25) is 0 Å². The Balaban J connectivity index is 2.17. The molecule has 2 aliphatic heterocycles. The number of β-amino-alcohol motifs (C(OH)–C–C–N with tert-alkyl or cyclic N) is 1. The molecule has 2 N–H and O–H groups in total. The number of hydrogen-bond acceptors (Lipinski definition) is 4. The Kier molecular flexibility index (Phi) is 2.40. The summed E-state index contributed by atoms with van der Waals surface area (Å²) < 4.78 is 0. The first kappa shape index (κ1) is 10.4. The Morgan fingerprint density at radius 1 is 1.53 bits per heavy atom. The lowest BCUT2D eigenvalue weighted by molar-refractivity contribution is -0.131. The summed E-state index contributed by atoms with van der Waals surface area (Å²) in [5.74, 6) is -0.203. The van der Waals surface area contributed by atoms with Crippen molar-refractivity contribution < 1.29 is 14.7 Å². The maximum atomic E-state index is 12.0. The highest BCUT2D eigenvalue weighted by Crippen LogP contribution is 2.27. The van der Waals surface area contributed by atoms with Gasteiger partial charge in [-0.05, 0) is 13.5 Å². The van der Waals surface area contributed by atoms with Crippen LogP contribution in [0.25, 0.3) is 0 Å². The second kappa shape index (κ2) is 3.46. The van der Waals surface area contributed by atoms with Crippen LogP contribution in [0.1, 0.15) is 6.42 Å². The van der Waals surface area contributed by atoms with Crippen molar-refractivity contribution >= 4 is 11.9 Å². The monoisotopic (exact) mass is 213 g/mol. The summed E-state index contributed by atoms with van der Waals surface area (Å²) in [7, 11) is 1.92. The van der Waals surface area contributed by atoms with Crippen molar-refractivity contribution in [1.82, 2.24) is 15.1 Å². The van der Waals surface area contributed by atoms with Crippen LogP contribution in [0.5, 0.6) is 0 Å². The molecule has 3 amide bonds. The molecule has 0 aromatic rings. The van der Waals surface area contributed by atoms with Crippen molar-refractivity contribution in [2.45, 2.75) is 12.0 Å². The maximum Gasteiger partial charge on any atom is 0.325 e. The molecule has 2 fully saturated rings. The normalized spacial score (nSPS) is 31.7.